The minimum atomic E-state index is -0.0885. The van der Waals surface area contributed by atoms with Crippen LogP contribution in [0.5, 0.6) is 0 Å². The second kappa shape index (κ2) is 16.3. The largest absolute Gasteiger partial charge is 0.466 e. The molecule has 0 amide bonds. The molecule has 0 aliphatic heterocycles. The SMILES string of the molecule is CCNC(=NCCCCCCC(=O)OCC)NCCc1csc(C)n1.I. The molecule has 0 aromatic carbocycles. The van der Waals surface area contributed by atoms with E-state index < -0.39 is 0 Å². The molecule has 1 rings (SSSR count). The van der Waals surface area contributed by atoms with Crippen LogP contribution < -0.4 is 10.6 Å². The maximum atomic E-state index is 11.2. The van der Waals surface area contributed by atoms with Crippen LogP contribution in [0.2, 0.25) is 0 Å². The number of hydrogen-bond donors (Lipinski definition) is 2. The zero-order chi connectivity index (χ0) is 18.3. The Hall–Kier alpha value is -0.900. The fraction of sp³-hybridized carbons (Fsp3) is 0.722. The van der Waals surface area contributed by atoms with E-state index in [0.29, 0.717) is 13.0 Å². The number of carbonyl (C=O) groups is 1. The molecule has 1 heterocycles. The highest BCUT2D eigenvalue weighted by Gasteiger charge is 2.02. The summed E-state index contributed by atoms with van der Waals surface area (Å²) < 4.78 is 4.92. The number of nitrogens with one attached hydrogen (secondary N) is 2. The van der Waals surface area contributed by atoms with Gasteiger partial charge in [0.05, 0.1) is 17.3 Å². The molecule has 0 bridgehead atoms. The Bertz CT molecular complexity index is 523. The van der Waals surface area contributed by atoms with E-state index in [9.17, 15) is 4.79 Å². The number of hydrogen-bond acceptors (Lipinski definition) is 5. The first-order valence-corrected chi connectivity index (χ1v) is 10.1. The molecule has 0 saturated heterocycles. The molecular weight excluding hydrogens is 463 g/mol. The number of aliphatic imine (C=N–C) groups is 1. The van der Waals surface area contributed by atoms with Gasteiger partial charge in [-0.1, -0.05) is 12.8 Å². The highest BCUT2D eigenvalue weighted by atomic mass is 127. The molecule has 0 atom stereocenters. The van der Waals surface area contributed by atoms with Crippen LogP contribution >= 0.6 is 35.3 Å². The fourth-order valence-corrected chi connectivity index (χ4v) is 2.98. The molecule has 26 heavy (non-hydrogen) atoms. The average molecular weight is 496 g/mol. The van der Waals surface area contributed by atoms with Crippen LogP contribution in [-0.4, -0.2) is 43.2 Å². The number of rotatable bonds is 12. The molecule has 1 aromatic rings. The lowest BCUT2D eigenvalue weighted by atomic mass is 10.1. The van der Waals surface area contributed by atoms with Crippen molar-refractivity contribution in [3.63, 3.8) is 0 Å². The van der Waals surface area contributed by atoms with E-state index in [1.807, 2.05) is 13.8 Å². The smallest absolute Gasteiger partial charge is 0.305 e. The highest BCUT2D eigenvalue weighted by molar-refractivity contribution is 14.0. The molecule has 0 aliphatic rings. The van der Waals surface area contributed by atoms with Crippen LogP contribution in [0.15, 0.2) is 10.4 Å². The zero-order valence-electron chi connectivity index (χ0n) is 16.2. The predicted octanol–water partition coefficient (Wildman–Crippen LogP) is 3.68. The topological polar surface area (TPSA) is 75.6 Å². The number of nitrogens with zero attached hydrogens (tertiary/aromatic N) is 2. The normalized spacial score (nSPS) is 11.0. The van der Waals surface area contributed by atoms with Crippen LogP contribution in [0.4, 0.5) is 0 Å². The van der Waals surface area contributed by atoms with Gasteiger partial charge in [0, 0.05) is 37.9 Å². The highest BCUT2D eigenvalue weighted by Crippen LogP contribution is 2.07. The molecule has 0 radical (unpaired) electrons. The van der Waals surface area contributed by atoms with Gasteiger partial charge in [0.1, 0.15) is 0 Å². The first-order valence-electron chi connectivity index (χ1n) is 9.24. The lowest BCUT2D eigenvalue weighted by Gasteiger charge is -2.10. The molecule has 8 heteroatoms. The number of ether oxygens (including phenoxy) is 1. The first-order chi connectivity index (χ1) is 12.2. The van der Waals surface area contributed by atoms with Gasteiger partial charge in [0.2, 0.25) is 0 Å². The maximum absolute atomic E-state index is 11.2. The fourth-order valence-electron chi connectivity index (χ4n) is 2.33. The van der Waals surface area contributed by atoms with E-state index in [1.165, 1.54) is 0 Å². The summed E-state index contributed by atoms with van der Waals surface area (Å²) in [6.45, 7) is 8.87. The minimum absolute atomic E-state index is 0. The van der Waals surface area contributed by atoms with Crippen LogP contribution in [0.3, 0.4) is 0 Å². The van der Waals surface area contributed by atoms with E-state index >= 15 is 0 Å². The molecule has 0 spiro atoms. The number of unbranched alkanes of at least 4 members (excludes halogenated alkanes) is 3. The Morgan fingerprint density at radius 1 is 1.23 bits per heavy atom. The van der Waals surface area contributed by atoms with Crippen molar-refractivity contribution in [2.45, 2.75) is 59.3 Å². The molecule has 0 unspecified atom stereocenters. The van der Waals surface area contributed by atoms with E-state index in [-0.39, 0.29) is 29.9 Å². The second-order valence-electron chi connectivity index (χ2n) is 5.76. The summed E-state index contributed by atoms with van der Waals surface area (Å²) in [4.78, 5) is 20.3. The standard InChI is InChI=1S/C18H32N4O2S.HI/c1-4-19-18(21-13-11-16-14-25-15(3)22-16)20-12-9-7-6-8-10-17(23)24-5-2;/h14H,4-13H2,1-3H3,(H2,19,20,21);1H. The van der Waals surface area contributed by atoms with Gasteiger partial charge in [-0.05, 0) is 33.6 Å². The van der Waals surface area contributed by atoms with E-state index in [2.05, 4.69) is 32.9 Å². The third-order valence-corrected chi connectivity index (χ3v) is 4.37. The molecule has 1 aromatic heterocycles. The Morgan fingerprint density at radius 3 is 2.65 bits per heavy atom. The molecule has 6 nitrogen and oxygen atoms in total. The quantitative estimate of drug-likeness (QED) is 0.152. The summed E-state index contributed by atoms with van der Waals surface area (Å²) in [6.07, 6.45) is 5.49. The van der Waals surface area contributed by atoms with Crippen molar-refractivity contribution in [2.24, 2.45) is 4.99 Å². The Kier molecular flexibility index (Phi) is 15.7. The van der Waals surface area contributed by atoms with Gasteiger partial charge in [-0.25, -0.2) is 4.98 Å². The van der Waals surface area contributed by atoms with Gasteiger partial charge < -0.3 is 15.4 Å². The van der Waals surface area contributed by atoms with E-state index in [4.69, 9.17) is 4.74 Å². The number of guanidine groups is 1. The zero-order valence-corrected chi connectivity index (χ0v) is 19.3. The predicted molar refractivity (Wildman–Crippen MR) is 120 cm³/mol. The van der Waals surface area contributed by atoms with Crippen molar-refractivity contribution < 1.29 is 9.53 Å². The van der Waals surface area contributed by atoms with Crippen molar-refractivity contribution in [3.8, 4) is 0 Å². The molecule has 0 fully saturated rings. The monoisotopic (exact) mass is 496 g/mol. The average Bonchev–Trinajstić information content (AvgIpc) is 2.99. The summed E-state index contributed by atoms with van der Waals surface area (Å²) in [6, 6.07) is 0. The lowest BCUT2D eigenvalue weighted by Crippen LogP contribution is -2.38. The van der Waals surface area contributed by atoms with E-state index in [1.54, 1.807) is 11.3 Å². The molecule has 0 saturated carbocycles. The summed E-state index contributed by atoms with van der Waals surface area (Å²) in [5, 5.41) is 9.84. The number of aromatic nitrogens is 1. The van der Waals surface area contributed by atoms with Crippen LogP contribution in [-0.2, 0) is 16.0 Å². The summed E-state index contributed by atoms with van der Waals surface area (Å²) in [5.74, 6) is 0.774. The van der Waals surface area contributed by atoms with Gasteiger partial charge >= 0.3 is 5.97 Å². The lowest BCUT2D eigenvalue weighted by molar-refractivity contribution is -0.143. The van der Waals surface area contributed by atoms with Crippen LogP contribution in [0.1, 0.15) is 56.7 Å². The van der Waals surface area contributed by atoms with Gasteiger partial charge in [-0.3, -0.25) is 9.79 Å². The number of halogens is 1. The summed E-state index contributed by atoms with van der Waals surface area (Å²) in [7, 11) is 0. The van der Waals surface area contributed by atoms with Crippen molar-refractivity contribution in [2.75, 3.05) is 26.2 Å². The van der Waals surface area contributed by atoms with Crippen LogP contribution in [0, 0.1) is 6.92 Å². The van der Waals surface area contributed by atoms with Crippen molar-refractivity contribution >= 4 is 47.2 Å². The molecular formula is C18H33IN4O2S. The minimum Gasteiger partial charge on any atom is -0.466 e. The van der Waals surface area contributed by atoms with Crippen molar-refractivity contribution in [1.82, 2.24) is 15.6 Å². The van der Waals surface area contributed by atoms with Gasteiger partial charge in [0.15, 0.2) is 5.96 Å². The first kappa shape index (κ1) is 25.1. The Morgan fingerprint density at radius 2 is 2.00 bits per heavy atom. The molecule has 0 aliphatic carbocycles. The van der Waals surface area contributed by atoms with Crippen molar-refractivity contribution in [3.05, 3.63) is 16.1 Å². The van der Waals surface area contributed by atoms with Crippen LogP contribution in [0.25, 0.3) is 0 Å². The second-order valence-corrected chi connectivity index (χ2v) is 6.83. The number of thiazole rings is 1. The van der Waals surface area contributed by atoms with Gasteiger partial charge in [-0.15, -0.1) is 35.3 Å². The van der Waals surface area contributed by atoms with Crippen molar-refractivity contribution in [1.29, 1.82) is 0 Å². The molecule has 2 N–H and O–H groups in total. The summed E-state index contributed by atoms with van der Waals surface area (Å²) in [5.41, 5.74) is 1.13. The number of esters is 1. The molecule has 150 valence electrons. The maximum Gasteiger partial charge on any atom is 0.305 e. The van der Waals surface area contributed by atoms with Gasteiger partial charge in [-0.2, -0.15) is 0 Å². The van der Waals surface area contributed by atoms with E-state index in [0.717, 1.165) is 68.4 Å². The number of aryl methyl sites for hydroxylation is 1. The van der Waals surface area contributed by atoms with Gasteiger partial charge in [0.25, 0.3) is 0 Å². The Labute approximate surface area is 178 Å². The Balaban J connectivity index is 0.00000625. The third kappa shape index (κ3) is 12.5. The number of carbonyl (C=O) groups excluding carboxylic acids is 1. The third-order valence-electron chi connectivity index (χ3n) is 3.55. The summed E-state index contributed by atoms with van der Waals surface area (Å²) >= 11 is 1.69.